The smallest absolute Gasteiger partial charge is 0.232 e. The predicted molar refractivity (Wildman–Crippen MR) is 96.0 cm³/mol. The Kier molecular flexibility index (Phi) is 8.00. The number of carbonyl (C=O) groups is 1. The first-order valence-corrected chi connectivity index (χ1v) is 9.62. The molecule has 1 N–H and O–H groups in total. The number of hydrogen-bond donors (Lipinski definition) is 1. The number of rotatable bonds is 10. The Morgan fingerprint density at radius 3 is 2.54 bits per heavy atom. The lowest BCUT2D eigenvalue weighted by Gasteiger charge is -2.22. The lowest BCUT2D eigenvalue weighted by Crippen LogP contribution is -2.35. The van der Waals surface area contributed by atoms with Crippen LogP contribution in [0.25, 0.3) is 0 Å². The molecule has 0 bridgehead atoms. The van der Waals surface area contributed by atoms with E-state index in [1.165, 1.54) is 11.4 Å². The number of nitrogens with zero attached hydrogens (tertiary/aromatic N) is 2. The van der Waals surface area contributed by atoms with Crippen LogP contribution in [0, 0.1) is 0 Å². The highest BCUT2D eigenvalue weighted by molar-refractivity contribution is 7.92. The van der Waals surface area contributed by atoms with E-state index in [0.29, 0.717) is 18.0 Å². The molecule has 0 aliphatic carbocycles. The van der Waals surface area contributed by atoms with Crippen LogP contribution in [0.2, 0.25) is 0 Å². The van der Waals surface area contributed by atoms with Crippen LogP contribution in [0.5, 0.6) is 5.75 Å². The minimum absolute atomic E-state index is 0.0888. The van der Waals surface area contributed by atoms with Gasteiger partial charge >= 0.3 is 0 Å². The Balaban J connectivity index is 2.63. The summed E-state index contributed by atoms with van der Waals surface area (Å²) in [7, 11) is 1.98. The van der Waals surface area contributed by atoms with Crippen molar-refractivity contribution < 1.29 is 17.9 Å². The first-order chi connectivity index (χ1) is 11.2. The van der Waals surface area contributed by atoms with Gasteiger partial charge in [-0.25, -0.2) is 8.42 Å². The molecule has 0 heterocycles. The van der Waals surface area contributed by atoms with Crippen molar-refractivity contribution in [1.29, 1.82) is 0 Å². The maximum absolute atomic E-state index is 12.0. The molecule has 0 aliphatic rings. The number of anilines is 1. The summed E-state index contributed by atoms with van der Waals surface area (Å²) in [6.45, 7) is 1.56. The molecule has 0 radical (unpaired) electrons. The van der Waals surface area contributed by atoms with Crippen molar-refractivity contribution in [3.8, 4) is 5.75 Å². The molecule has 0 aliphatic heterocycles. The number of carbonyl (C=O) groups excluding carboxylic acids is 1. The molecule has 0 saturated carbocycles. The Hall–Kier alpha value is -1.80. The van der Waals surface area contributed by atoms with E-state index in [1.807, 2.05) is 19.0 Å². The normalized spacial score (nSPS) is 11.4. The molecule has 0 atom stereocenters. The first kappa shape index (κ1) is 20.2. The summed E-state index contributed by atoms with van der Waals surface area (Å²) < 4.78 is 30.4. The number of methoxy groups -OCH3 is 1. The number of benzene rings is 1. The van der Waals surface area contributed by atoms with Crippen LogP contribution >= 0.6 is 0 Å². The number of sulfonamides is 1. The maximum Gasteiger partial charge on any atom is 0.232 e. The standard InChI is InChI=1S/C16H27N3O4S/c1-18(2)11-6-10-17-16(20)9-12-19(24(4,21)22)14-7-5-8-15(13-14)23-3/h5,7-8,13H,6,9-12H2,1-4H3,(H,17,20). The first-order valence-electron chi connectivity index (χ1n) is 7.77. The van der Waals surface area contributed by atoms with Gasteiger partial charge in [-0.2, -0.15) is 0 Å². The van der Waals surface area contributed by atoms with Crippen LogP contribution < -0.4 is 14.4 Å². The highest BCUT2D eigenvalue weighted by Crippen LogP contribution is 2.23. The van der Waals surface area contributed by atoms with E-state index in [9.17, 15) is 13.2 Å². The summed E-state index contributed by atoms with van der Waals surface area (Å²) in [4.78, 5) is 13.9. The zero-order valence-electron chi connectivity index (χ0n) is 14.8. The summed E-state index contributed by atoms with van der Waals surface area (Å²) in [5, 5.41) is 2.81. The van der Waals surface area contributed by atoms with Crippen molar-refractivity contribution in [2.24, 2.45) is 0 Å². The van der Waals surface area contributed by atoms with Gasteiger partial charge in [0.2, 0.25) is 15.9 Å². The van der Waals surface area contributed by atoms with Gasteiger partial charge in [-0.05, 0) is 39.2 Å². The Labute approximate surface area is 144 Å². The number of ether oxygens (including phenoxy) is 1. The largest absolute Gasteiger partial charge is 0.497 e. The van der Waals surface area contributed by atoms with E-state index < -0.39 is 10.0 Å². The van der Waals surface area contributed by atoms with Crippen LogP contribution in [0.4, 0.5) is 5.69 Å². The summed E-state index contributed by atoms with van der Waals surface area (Å²) >= 11 is 0. The monoisotopic (exact) mass is 357 g/mol. The molecule has 1 rings (SSSR count). The topological polar surface area (TPSA) is 79.0 Å². The second-order valence-corrected chi connectivity index (χ2v) is 7.70. The van der Waals surface area contributed by atoms with Crippen LogP contribution in [0.3, 0.4) is 0 Å². The Morgan fingerprint density at radius 2 is 1.96 bits per heavy atom. The van der Waals surface area contributed by atoms with Gasteiger partial charge in [0.15, 0.2) is 0 Å². The molecule has 0 aromatic heterocycles. The molecule has 0 spiro atoms. The van der Waals surface area contributed by atoms with Crippen LogP contribution in [0.1, 0.15) is 12.8 Å². The highest BCUT2D eigenvalue weighted by atomic mass is 32.2. The number of hydrogen-bond acceptors (Lipinski definition) is 5. The van der Waals surface area contributed by atoms with Gasteiger partial charge in [-0.1, -0.05) is 6.07 Å². The maximum atomic E-state index is 12.0. The third-order valence-electron chi connectivity index (χ3n) is 3.39. The SMILES string of the molecule is COc1cccc(N(CCC(=O)NCCCN(C)C)S(C)(=O)=O)c1. The minimum atomic E-state index is -3.48. The van der Waals surface area contributed by atoms with Gasteiger partial charge in [0.05, 0.1) is 19.1 Å². The van der Waals surface area contributed by atoms with Crippen molar-refractivity contribution in [3.63, 3.8) is 0 Å². The van der Waals surface area contributed by atoms with Crippen LogP contribution in [-0.2, 0) is 14.8 Å². The van der Waals surface area contributed by atoms with Gasteiger partial charge in [-0.3, -0.25) is 9.10 Å². The van der Waals surface area contributed by atoms with Crippen molar-refractivity contribution in [1.82, 2.24) is 10.2 Å². The number of nitrogens with one attached hydrogen (secondary N) is 1. The fourth-order valence-electron chi connectivity index (χ4n) is 2.17. The zero-order chi connectivity index (χ0) is 18.2. The van der Waals surface area contributed by atoms with E-state index in [-0.39, 0.29) is 18.9 Å². The molecular formula is C16H27N3O4S. The molecule has 1 aromatic rings. The molecule has 0 unspecified atom stereocenters. The second-order valence-electron chi connectivity index (χ2n) is 5.79. The lowest BCUT2D eigenvalue weighted by molar-refractivity contribution is -0.120. The second kappa shape index (κ2) is 9.48. The molecule has 8 heteroatoms. The summed E-state index contributed by atoms with van der Waals surface area (Å²) in [6, 6.07) is 6.77. The number of amides is 1. The summed E-state index contributed by atoms with van der Waals surface area (Å²) in [5.41, 5.74) is 0.484. The molecular weight excluding hydrogens is 330 g/mol. The quantitative estimate of drug-likeness (QED) is 0.630. The van der Waals surface area contributed by atoms with Gasteiger partial charge in [-0.15, -0.1) is 0 Å². The van der Waals surface area contributed by atoms with E-state index in [4.69, 9.17) is 4.74 Å². The van der Waals surface area contributed by atoms with Crippen LogP contribution in [-0.4, -0.2) is 66.3 Å². The third kappa shape index (κ3) is 7.18. The van der Waals surface area contributed by atoms with Gasteiger partial charge in [0, 0.05) is 25.6 Å². The Bertz CT molecular complexity index is 632. The van der Waals surface area contributed by atoms with Gasteiger partial charge in [0.1, 0.15) is 5.75 Å². The average molecular weight is 357 g/mol. The molecule has 1 aromatic carbocycles. The summed E-state index contributed by atoms with van der Waals surface area (Å²) in [5.74, 6) is 0.402. The van der Waals surface area contributed by atoms with E-state index >= 15 is 0 Å². The highest BCUT2D eigenvalue weighted by Gasteiger charge is 2.19. The van der Waals surface area contributed by atoms with Crippen molar-refractivity contribution in [2.45, 2.75) is 12.8 Å². The van der Waals surface area contributed by atoms with E-state index in [0.717, 1.165) is 19.2 Å². The van der Waals surface area contributed by atoms with Crippen molar-refractivity contribution >= 4 is 21.6 Å². The minimum Gasteiger partial charge on any atom is -0.497 e. The average Bonchev–Trinajstić information content (AvgIpc) is 2.50. The van der Waals surface area contributed by atoms with Crippen molar-refractivity contribution in [3.05, 3.63) is 24.3 Å². The summed E-state index contributed by atoms with van der Waals surface area (Å²) in [6.07, 6.45) is 2.08. The molecule has 0 saturated heterocycles. The van der Waals surface area contributed by atoms with E-state index in [1.54, 1.807) is 24.3 Å². The molecule has 7 nitrogen and oxygen atoms in total. The fraction of sp³-hybridized carbons (Fsp3) is 0.562. The zero-order valence-corrected chi connectivity index (χ0v) is 15.6. The van der Waals surface area contributed by atoms with Gasteiger partial charge < -0.3 is 15.0 Å². The molecule has 24 heavy (non-hydrogen) atoms. The predicted octanol–water partition coefficient (Wildman–Crippen LogP) is 0.919. The van der Waals surface area contributed by atoms with E-state index in [2.05, 4.69) is 5.32 Å². The third-order valence-corrected chi connectivity index (χ3v) is 4.58. The van der Waals surface area contributed by atoms with Crippen LogP contribution in [0.15, 0.2) is 24.3 Å². The molecule has 1 amide bonds. The van der Waals surface area contributed by atoms with Crippen molar-refractivity contribution in [2.75, 3.05) is 51.4 Å². The fourth-order valence-corrected chi connectivity index (χ4v) is 3.09. The Morgan fingerprint density at radius 1 is 1.25 bits per heavy atom. The molecule has 136 valence electrons. The lowest BCUT2D eigenvalue weighted by atomic mass is 10.3. The van der Waals surface area contributed by atoms with Gasteiger partial charge in [0.25, 0.3) is 0 Å². The molecule has 0 fully saturated rings.